The molecule has 1 aromatic carbocycles. The highest BCUT2D eigenvalue weighted by Gasteiger charge is 2.08. The summed E-state index contributed by atoms with van der Waals surface area (Å²) >= 11 is 0. The first-order chi connectivity index (χ1) is 9.54. The van der Waals surface area contributed by atoms with Gasteiger partial charge in [-0.15, -0.1) is 0 Å². The largest absolute Gasteiger partial charge is 0.492 e. The van der Waals surface area contributed by atoms with E-state index in [9.17, 15) is 4.79 Å². The Morgan fingerprint density at radius 2 is 2.10 bits per heavy atom. The van der Waals surface area contributed by atoms with Crippen LogP contribution in [0.15, 0.2) is 18.2 Å². The highest BCUT2D eigenvalue weighted by atomic mass is 16.5. The monoisotopic (exact) mass is 278 g/mol. The van der Waals surface area contributed by atoms with Gasteiger partial charge in [-0.1, -0.05) is 25.1 Å². The normalized spacial score (nSPS) is 10.7. The molecule has 0 radical (unpaired) electrons. The Morgan fingerprint density at radius 1 is 1.35 bits per heavy atom. The van der Waals surface area contributed by atoms with E-state index in [0.717, 1.165) is 30.0 Å². The number of ether oxygens (including phenoxy) is 1. The maximum Gasteiger partial charge on any atom is 0.223 e. The predicted octanol–water partition coefficient (Wildman–Crippen LogP) is 2.40. The molecule has 2 N–H and O–H groups in total. The number of carbonyl (C=O) groups excluding carboxylic acids is 1. The van der Waals surface area contributed by atoms with Crippen LogP contribution in [0.1, 0.15) is 38.3 Å². The van der Waals surface area contributed by atoms with Gasteiger partial charge in [0, 0.05) is 18.2 Å². The lowest BCUT2D eigenvalue weighted by Crippen LogP contribution is -2.31. The molecule has 0 aromatic heterocycles. The lowest BCUT2D eigenvalue weighted by atomic mass is 10.1. The Hall–Kier alpha value is -1.55. The summed E-state index contributed by atoms with van der Waals surface area (Å²) in [5.41, 5.74) is 2.24. The summed E-state index contributed by atoms with van der Waals surface area (Å²) in [7, 11) is 0. The third-order valence-corrected chi connectivity index (χ3v) is 2.88. The molecule has 1 aromatic rings. The van der Waals surface area contributed by atoms with Gasteiger partial charge < -0.3 is 15.4 Å². The zero-order chi connectivity index (χ0) is 15.0. The van der Waals surface area contributed by atoms with Crippen molar-refractivity contribution in [2.75, 3.05) is 13.2 Å². The summed E-state index contributed by atoms with van der Waals surface area (Å²) in [4.78, 5) is 11.6. The zero-order valence-corrected chi connectivity index (χ0v) is 13.0. The van der Waals surface area contributed by atoms with Crippen LogP contribution in [0.25, 0.3) is 0 Å². The number of hydrogen-bond donors (Lipinski definition) is 2. The molecule has 112 valence electrons. The van der Waals surface area contributed by atoms with E-state index in [0.29, 0.717) is 13.0 Å². The first kappa shape index (κ1) is 16.5. The summed E-state index contributed by atoms with van der Waals surface area (Å²) in [6.45, 7) is 10.1. The van der Waals surface area contributed by atoms with E-state index in [4.69, 9.17) is 4.74 Å². The van der Waals surface area contributed by atoms with Crippen molar-refractivity contribution in [2.45, 2.75) is 46.7 Å². The molecule has 1 rings (SSSR count). The molecule has 0 fully saturated rings. The van der Waals surface area contributed by atoms with Gasteiger partial charge in [0.15, 0.2) is 0 Å². The second kappa shape index (κ2) is 8.59. The molecule has 0 saturated heterocycles. The molecule has 20 heavy (non-hydrogen) atoms. The van der Waals surface area contributed by atoms with Crippen molar-refractivity contribution in [1.29, 1.82) is 0 Å². The smallest absolute Gasteiger partial charge is 0.223 e. The van der Waals surface area contributed by atoms with Crippen LogP contribution < -0.4 is 15.4 Å². The van der Waals surface area contributed by atoms with Gasteiger partial charge in [-0.3, -0.25) is 4.79 Å². The van der Waals surface area contributed by atoms with Crippen LogP contribution in [0.5, 0.6) is 5.75 Å². The van der Waals surface area contributed by atoms with Crippen molar-refractivity contribution in [1.82, 2.24) is 10.6 Å². The number of aryl methyl sites for hydroxylation is 1. The number of nitrogens with one attached hydrogen (secondary N) is 2. The standard InChI is InChI=1S/C16H26N2O2/c1-5-17-11-14-8-6-7-13(4)16(14)20-10-9-15(19)18-12(2)3/h6-8,12,17H,5,9-11H2,1-4H3,(H,18,19). The van der Waals surface area contributed by atoms with Gasteiger partial charge >= 0.3 is 0 Å². The van der Waals surface area contributed by atoms with E-state index in [1.807, 2.05) is 32.9 Å². The van der Waals surface area contributed by atoms with Crippen LogP contribution in [0.4, 0.5) is 0 Å². The fraction of sp³-hybridized carbons (Fsp3) is 0.562. The summed E-state index contributed by atoms with van der Waals surface area (Å²) in [6.07, 6.45) is 0.382. The van der Waals surface area contributed by atoms with Gasteiger partial charge in [0.1, 0.15) is 5.75 Å². The number of para-hydroxylation sites is 1. The number of benzene rings is 1. The molecule has 0 aliphatic carbocycles. The molecule has 0 aliphatic rings. The Labute approximate surface area is 121 Å². The lowest BCUT2D eigenvalue weighted by molar-refractivity contribution is -0.122. The Morgan fingerprint density at radius 3 is 2.75 bits per heavy atom. The zero-order valence-electron chi connectivity index (χ0n) is 13.0. The average molecular weight is 278 g/mol. The van der Waals surface area contributed by atoms with Gasteiger partial charge in [-0.2, -0.15) is 0 Å². The number of rotatable bonds is 8. The van der Waals surface area contributed by atoms with Crippen molar-refractivity contribution >= 4 is 5.91 Å². The first-order valence-electron chi connectivity index (χ1n) is 7.26. The maximum absolute atomic E-state index is 11.6. The molecule has 0 unspecified atom stereocenters. The second-order valence-corrected chi connectivity index (χ2v) is 5.16. The number of carbonyl (C=O) groups is 1. The first-order valence-corrected chi connectivity index (χ1v) is 7.26. The molecule has 0 atom stereocenters. The van der Waals surface area contributed by atoms with Gasteiger partial charge in [0.05, 0.1) is 13.0 Å². The highest BCUT2D eigenvalue weighted by Crippen LogP contribution is 2.23. The quantitative estimate of drug-likeness (QED) is 0.767. The van der Waals surface area contributed by atoms with E-state index in [-0.39, 0.29) is 11.9 Å². The van der Waals surface area contributed by atoms with E-state index in [1.54, 1.807) is 0 Å². The van der Waals surface area contributed by atoms with Gasteiger partial charge in [0.25, 0.3) is 0 Å². The molecular weight excluding hydrogens is 252 g/mol. The Balaban J connectivity index is 2.56. The van der Waals surface area contributed by atoms with Crippen LogP contribution in [-0.2, 0) is 11.3 Å². The number of hydrogen-bond acceptors (Lipinski definition) is 3. The van der Waals surface area contributed by atoms with Crippen molar-refractivity contribution in [2.24, 2.45) is 0 Å². The van der Waals surface area contributed by atoms with E-state index in [1.165, 1.54) is 0 Å². The minimum atomic E-state index is 0.0295. The van der Waals surface area contributed by atoms with Gasteiger partial charge in [-0.25, -0.2) is 0 Å². The van der Waals surface area contributed by atoms with Crippen LogP contribution >= 0.6 is 0 Å². The molecule has 0 saturated carbocycles. The fourth-order valence-electron chi connectivity index (χ4n) is 1.96. The molecule has 0 heterocycles. The average Bonchev–Trinajstić information content (AvgIpc) is 2.38. The minimum Gasteiger partial charge on any atom is -0.492 e. The van der Waals surface area contributed by atoms with Crippen LogP contribution in [0.2, 0.25) is 0 Å². The fourth-order valence-corrected chi connectivity index (χ4v) is 1.96. The molecule has 0 bridgehead atoms. The van der Waals surface area contributed by atoms with Crippen LogP contribution in [-0.4, -0.2) is 25.1 Å². The summed E-state index contributed by atoms with van der Waals surface area (Å²) in [5, 5.41) is 6.16. The molecule has 0 spiro atoms. The van der Waals surface area contributed by atoms with Crippen molar-refractivity contribution in [3.63, 3.8) is 0 Å². The van der Waals surface area contributed by atoms with Gasteiger partial charge in [-0.05, 0) is 32.9 Å². The third kappa shape index (κ3) is 5.61. The van der Waals surface area contributed by atoms with Crippen molar-refractivity contribution in [3.8, 4) is 5.75 Å². The molecule has 4 nitrogen and oxygen atoms in total. The molecule has 1 amide bonds. The summed E-state index contributed by atoms with van der Waals surface area (Å²) in [6, 6.07) is 6.28. The molecule has 4 heteroatoms. The Bertz CT molecular complexity index is 430. The van der Waals surface area contributed by atoms with E-state index < -0.39 is 0 Å². The predicted molar refractivity (Wildman–Crippen MR) is 82.0 cm³/mol. The maximum atomic E-state index is 11.6. The van der Waals surface area contributed by atoms with E-state index >= 15 is 0 Å². The minimum absolute atomic E-state index is 0.0295. The third-order valence-electron chi connectivity index (χ3n) is 2.88. The summed E-state index contributed by atoms with van der Waals surface area (Å²) < 4.78 is 5.82. The van der Waals surface area contributed by atoms with Gasteiger partial charge in [0.2, 0.25) is 5.91 Å². The van der Waals surface area contributed by atoms with Crippen molar-refractivity contribution in [3.05, 3.63) is 29.3 Å². The van der Waals surface area contributed by atoms with Crippen molar-refractivity contribution < 1.29 is 9.53 Å². The topological polar surface area (TPSA) is 50.4 Å². The number of amides is 1. The lowest BCUT2D eigenvalue weighted by Gasteiger charge is -2.15. The highest BCUT2D eigenvalue weighted by molar-refractivity contribution is 5.76. The second-order valence-electron chi connectivity index (χ2n) is 5.16. The SMILES string of the molecule is CCNCc1cccc(C)c1OCCC(=O)NC(C)C. The van der Waals surface area contributed by atoms with Crippen LogP contribution in [0.3, 0.4) is 0 Å². The van der Waals surface area contributed by atoms with Crippen LogP contribution in [0, 0.1) is 6.92 Å². The molecule has 0 aliphatic heterocycles. The summed E-state index contributed by atoms with van der Waals surface area (Å²) in [5.74, 6) is 0.924. The van der Waals surface area contributed by atoms with E-state index in [2.05, 4.69) is 23.6 Å². The molecular formula is C16H26N2O2. The Kier molecular flexibility index (Phi) is 7.09.